The minimum Gasteiger partial charge on any atom is -0.454 e. The Kier molecular flexibility index (Phi) is 3.92. The highest BCUT2D eigenvalue weighted by molar-refractivity contribution is 6.44. The van der Waals surface area contributed by atoms with E-state index in [1.807, 2.05) is 0 Å². The summed E-state index contributed by atoms with van der Waals surface area (Å²) in [6.45, 7) is -0.0158. The average molecular weight is 301 g/mol. The minimum absolute atomic E-state index is 0.0158. The molecule has 0 fully saturated rings. The highest BCUT2D eigenvalue weighted by Gasteiger charge is 2.16. The number of halogens is 2. The fourth-order valence-corrected chi connectivity index (χ4v) is 1.83. The molecule has 0 spiro atoms. The van der Waals surface area contributed by atoms with Gasteiger partial charge >= 0.3 is 5.97 Å². The van der Waals surface area contributed by atoms with E-state index in [0.717, 1.165) is 0 Å². The number of benzene rings is 1. The predicted octanol–water partition coefficient (Wildman–Crippen LogP) is 2.06. The number of carbonyl (C=O) groups excluding carboxylic acids is 1. The smallest absolute Gasteiger partial charge is 0.340 e. The van der Waals surface area contributed by atoms with Gasteiger partial charge in [0.15, 0.2) is 12.4 Å². The number of hydrogen-bond donors (Lipinski definition) is 1. The average Bonchev–Trinajstić information content (AvgIpc) is 2.76. The second kappa shape index (κ2) is 5.46. The molecule has 0 aliphatic rings. The second-order valence-corrected chi connectivity index (χ2v) is 4.53. The molecule has 2 N–H and O–H groups in total. The largest absolute Gasteiger partial charge is 0.454 e. The third kappa shape index (κ3) is 2.97. The second-order valence-electron chi connectivity index (χ2n) is 3.74. The maximum atomic E-state index is 11.9. The maximum Gasteiger partial charge on any atom is 0.340 e. The number of nitrogen functional groups attached to an aromatic ring is 1. The lowest BCUT2D eigenvalue weighted by molar-refractivity contribution is 0.0458. The number of rotatable bonds is 3. The minimum atomic E-state index is -0.623. The van der Waals surface area contributed by atoms with Gasteiger partial charge in [0.1, 0.15) is 6.33 Å². The van der Waals surface area contributed by atoms with E-state index in [4.69, 9.17) is 33.7 Å². The van der Waals surface area contributed by atoms with Crippen LogP contribution >= 0.6 is 23.2 Å². The van der Waals surface area contributed by atoms with Crippen LogP contribution in [0, 0.1) is 0 Å². The summed E-state index contributed by atoms with van der Waals surface area (Å²) in [6.07, 6.45) is 1.37. The van der Waals surface area contributed by atoms with E-state index in [0.29, 0.717) is 11.5 Å². The molecule has 0 saturated carbocycles. The van der Waals surface area contributed by atoms with Gasteiger partial charge in [-0.15, -0.1) is 0 Å². The molecule has 0 radical (unpaired) electrons. The van der Waals surface area contributed by atoms with E-state index >= 15 is 0 Å². The summed E-state index contributed by atoms with van der Waals surface area (Å²) in [5.41, 5.74) is 6.06. The zero-order chi connectivity index (χ0) is 14.0. The van der Waals surface area contributed by atoms with Crippen molar-refractivity contribution in [3.05, 3.63) is 39.9 Å². The lowest BCUT2D eigenvalue weighted by Gasteiger charge is -2.08. The van der Waals surface area contributed by atoms with Gasteiger partial charge in [0.25, 0.3) is 0 Å². The van der Waals surface area contributed by atoms with Gasteiger partial charge in [-0.25, -0.2) is 9.78 Å². The number of esters is 1. The summed E-state index contributed by atoms with van der Waals surface area (Å²) in [5, 5.41) is 4.17. The van der Waals surface area contributed by atoms with E-state index in [-0.39, 0.29) is 22.2 Å². The van der Waals surface area contributed by atoms with Crippen molar-refractivity contribution in [2.45, 2.75) is 6.61 Å². The van der Waals surface area contributed by atoms with Crippen LogP contribution in [0.25, 0.3) is 0 Å². The van der Waals surface area contributed by atoms with Gasteiger partial charge in [0, 0.05) is 12.7 Å². The van der Waals surface area contributed by atoms with Crippen LogP contribution in [0.3, 0.4) is 0 Å². The van der Waals surface area contributed by atoms with Gasteiger partial charge in [-0.2, -0.15) is 5.10 Å². The number of nitrogens with zero attached hydrogens (tertiary/aromatic N) is 3. The van der Waals surface area contributed by atoms with Gasteiger partial charge in [-0.1, -0.05) is 23.2 Å². The molecule has 0 bridgehead atoms. The molecular formula is C11H10Cl2N4O2. The number of hydrogen-bond acceptors (Lipinski definition) is 5. The van der Waals surface area contributed by atoms with Crippen molar-refractivity contribution in [3.63, 3.8) is 0 Å². The molecule has 2 rings (SSSR count). The summed E-state index contributed by atoms with van der Waals surface area (Å²) in [6, 6.07) is 2.87. The van der Waals surface area contributed by atoms with Crippen LogP contribution in [0.4, 0.5) is 5.69 Å². The van der Waals surface area contributed by atoms with Gasteiger partial charge < -0.3 is 10.5 Å². The van der Waals surface area contributed by atoms with Gasteiger partial charge in [0.05, 0.1) is 15.6 Å². The molecule has 19 heavy (non-hydrogen) atoms. The molecule has 8 heteroatoms. The number of aromatic nitrogens is 3. The van der Waals surface area contributed by atoms with Crippen molar-refractivity contribution in [3.8, 4) is 0 Å². The number of carbonyl (C=O) groups is 1. The topological polar surface area (TPSA) is 83.0 Å². The Morgan fingerprint density at radius 3 is 2.84 bits per heavy atom. The lowest BCUT2D eigenvalue weighted by atomic mass is 10.2. The standard InChI is InChI=1S/C11H10Cl2N4O2/c1-17-9(15-5-16-17)4-19-11(18)7-2-6(14)3-8(12)10(7)13/h2-3,5H,4,14H2,1H3. The molecule has 1 heterocycles. The lowest BCUT2D eigenvalue weighted by Crippen LogP contribution is -2.10. The van der Waals surface area contributed by atoms with Crippen LogP contribution < -0.4 is 5.73 Å². The Bertz CT molecular complexity index is 627. The van der Waals surface area contributed by atoms with E-state index in [2.05, 4.69) is 10.1 Å². The van der Waals surface area contributed by atoms with Crippen molar-refractivity contribution in [1.29, 1.82) is 0 Å². The maximum absolute atomic E-state index is 11.9. The number of aryl methyl sites for hydroxylation is 1. The third-order valence-electron chi connectivity index (χ3n) is 2.41. The fourth-order valence-electron chi connectivity index (χ4n) is 1.42. The van der Waals surface area contributed by atoms with Crippen LogP contribution in [0.5, 0.6) is 0 Å². The van der Waals surface area contributed by atoms with Crippen molar-refractivity contribution < 1.29 is 9.53 Å². The Labute approximate surface area is 119 Å². The molecule has 100 valence electrons. The zero-order valence-electron chi connectivity index (χ0n) is 9.93. The third-order valence-corrected chi connectivity index (χ3v) is 3.21. The van der Waals surface area contributed by atoms with Crippen LogP contribution in [0.2, 0.25) is 10.0 Å². The van der Waals surface area contributed by atoms with Crippen LogP contribution in [0.15, 0.2) is 18.5 Å². The predicted molar refractivity (Wildman–Crippen MR) is 71.0 cm³/mol. The van der Waals surface area contributed by atoms with Crippen molar-refractivity contribution in [2.75, 3.05) is 5.73 Å². The van der Waals surface area contributed by atoms with Crippen molar-refractivity contribution in [1.82, 2.24) is 14.8 Å². The highest BCUT2D eigenvalue weighted by atomic mass is 35.5. The van der Waals surface area contributed by atoms with E-state index in [1.54, 1.807) is 7.05 Å². The Morgan fingerprint density at radius 2 is 2.21 bits per heavy atom. The number of anilines is 1. The van der Waals surface area contributed by atoms with Gasteiger partial charge in [-0.05, 0) is 12.1 Å². The molecule has 2 aromatic rings. The first kappa shape index (κ1) is 13.6. The molecule has 0 saturated heterocycles. The quantitative estimate of drug-likeness (QED) is 0.693. The molecule has 0 aliphatic carbocycles. The molecule has 1 aromatic carbocycles. The number of nitrogens with two attached hydrogens (primary N) is 1. The zero-order valence-corrected chi connectivity index (χ0v) is 11.4. The van der Waals surface area contributed by atoms with E-state index in [9.17, 15) is 4.79 Å². The molecule has 6 nitrogen and oxygen atoms in total. The molecular weight excluding hydrogens is 291 g/mol. The van der Waals surface area contributed by atoms with Crippen LogP contribution in [-0.2, 0) is 18.4 Å². The molecule has 0 aliphatic heterocycles. The number of ether oxygens (including phenoxy) is 1. The highest BCUT2D eigenvalue weighted by Crippen LogP contribution is 2.29. The first-order valence-corrected chi connectivity index (χ1v) is 5.99. The van der Waals surface area contributed by atoms with Gasteiger partial charge in [-0.3, -0.25) is 4.68 Å². The summed E-state index contributed by atoms with van der Waals surface area (Å²) < 4.78 is 6.58. The summed E-state index contributed by atoms with van der Waals surface area (Å²) in [7, 11) is 1.69. The summed E-state index contributed by atoms with van der Waals surface area (Å²) >= 11 is 11.8. The molecule has 1 aromatic heterocycles. The Hall–Kier alpha value is -1.79. The Balaban J connectivity index is 2.15. The molecule has 0 amide bonds. The van der Waals surface area contributed by atoms with Crippen molar-refractivity contribution >= 4 is 34.9 Å². The van der Waals surface area contributed by atoms with Crippen LogP contribution in [-0.4, -0.2) is 20.7 Å². The summed E-state index contributed by atoms with van der Waals surface area (Å²) in [5.74, 6) is -0.110. The monoisotopic (exact) mass is 300 g/mol. The first-order chi connectivity index (χ1) is 8.99. The Morgan fingerprint density at radius 1 is 1.47 bits per heavy atom. The van der Waals surface area contributed by atoms with Crippen molar-refractivity contribution in [2.24, 2.45) is 7.05 Å². The fraction of sp³-hybridized carbons (Fsp3) is 0.182. The molecule has 0 unspecified atom stereocenters. The summed E-state index contributed by atoms with van der Waals surface area (Å²) in [4.78, 5) is 15.8. The van der Waals surface area contributed by atoms with Crippen LogP contribution in [0.1, 0.15) is 16.2 Å². The molecule has 0 atom stereocenters. The SMILES string of the molecule is Cn1ncnc1COC(=O)c1cc(N)cc(Cl)c1Cl. The van der Waals surface area contributed by atoms with E-state index < -0.39 is 5.97 Å². The van der Waals surface area contributed by atoms with E-state index in [1.165, 1.54) is 23.1 Å². The normalized spacial score (nSPS) is 10.5. The van der Waals surface area contributed by atoms with Gasteiger partial charge in [0.2, 0.25) is 0 Å². The first-order valence-electron chi connectivity index (χ1n) is 5.23.